The van der Waals surface area contributed by atoms with Gasteiger partial charge in [0.05, 0.1) is 10.2 Å². The number of hydrogen-bond acceptors (Lipinski definition) is 3. The number of benzene rings is 1. The molecule has 0 aliphatic rings. The van der Waals surface area contributed by atoms with E-state index in [9.17, 15) is 4.79 Å². The highest BCUT2D eigenvalue weighted by Gasteiger charge is 2.16. The minimum Gasteiger partial charge on any atom is -0.351 e. The molecular formula is C19H23N3OS. The molecule has 1 amide bonds. The van der Waals surface area contributed by atoms with Crippen LogP contribution in [0.3, 0.4) is 0 Å². The summed E-state index contributed by atoms with van der Waals surface area (Å²) in [6, 6.07) is 14.4. The highest BCUT2D eigenvalue weighted by Crippen LogP contribution is 2.26. The van der Waals surface area contributed by atoms with Gasteiger partial charge in [-0.1, -0.05) is 30.3 Å². The summed E-state index contributed by atoms with van der Waals surface area (Å²) in [6.45, 7) is 2.38. The van der Waals surface area contributed by atoms with E-state index in [4.69, 9.17) is 0 Å². The maximum Gasteiger partial charge on any atom is 0.267 e. The lowest BCUT2D eigenvalue weighted by Crippen LogP contribution is -2.29. The molecule has 0 spiro atoms. The van der Waals surface area contributed by atoms with E-state index in [0.717, 1.165) is 28.9 Å². The van der Waals surface area contributed by atoms with E-state index in [2.05, 4.69) is 38.4 Å². The Morgan fingerprint density at radius 2 is 2.00 bits per heavy atom. The van der Waals surface area contributed by atoms with Crippen LogP contribution in [0.25, 0.3) is 10.2 Å². The van der Waals surface area contributed by atoms with E-state index in [0.29, 0.717) is 13.1 Å². The second-order valence-electron chi connectivity index (χ2n) is 6.18. The molecule has 2 aromatic heterocycles. The summed E-state index contributed by atoms with van der Waals surface area (Å²) in [5, 5.41) is 5.12. The molecule has 24 heavy (non-hydrogen) atoms. The predicted molar refractivity (Wildman–Crippen MR) is 101 cm³/mol. The number of amides is 1. The van der Waals surface area contributed by atoms with E-state index in [1.54, 1.807) is 11.3 Å². The second kappa shape index (κ2) is 7.64. The maximum atomic E-state index is 12.6. The molecule has 0 saturated heterocycles. The molecule has 0 aliphatic heterocycles. The lowest BCUT2D eigenvalue weighted by molar-refractivity contribution is 0.0944. The number of hydrogen-bond donors (Lipinski definition) is 1. The molecule has 126 valence electrons. The van der Waals surface area contributed by atoms with Crippen molar-refractivity contribution in [2.45, 2.75) is 13.0 Å². The summed E-state index contributed by atoms with van der Waals surface area (Å²) in [5.41, 5.74) is 3.07. The molecule has 5 heteroatoms. The normalized spacial score (nSPS) is 11.3. The molecule has 0 radical (unpaired) electrons. The Labute approximate surface area is 146 Å². The molecule has 0 bridgehead atoms. The van der Waals surface area contributed by atoms with Gasteiger partial charge >= 0.3 is 0 Å². The first-order chi connectivity index (χ1) is 11.6. The van der Waals surface area contributed by atoms with E-state index in [-0.39, 0.29) is 5.91 Å². The number of thiophene rings is 1. The van der Waals surface area contributed by atoms with Crippen molar-refractivity contribution in [3.8, 4) is 0 Å². The zero-order valence-electron chi connectivity index (χ0n) is 14.2. The van der Waals surface area contributed by atoms with E-state index < -0.39 is 0 Å². The SMILES string of the molecule is CN(C)CCCNC(=O)c1cc2sccc2n1Cc1ccccc1. The topological polar surface area (TPSA) is 37.3 Å². The molecule has 1 aromatic carbocycles. The molecular weight excluding hydrogens is 318 g/mol. The largest absolute Gasteiger partial charge is 0.351 e. The van der Waals surface area contributed by atoms with Gasteiger partial charge in [-0.25, -0.2) is 0 Å². The van der Waals surface area contributed by atoms with Crippen LogP contribution >= 0.6 is 11.3 Å². The number of nitrogens with zero attached hydrogens (tertiary/aromatic N) is 2. The van der Waals surface area contributed by atoms with Crippen LogP contribution in [0.5, 0.6) is 0 Å². The Morgan fingerprint density at radius 1 is 1.21 bits per heavy atom. The molecule has 0 aliphatic carbocycles. The molecule has 3 rings (SSSR count). The highest BCUT2D eigenvalue weighted by molar-refractivity contribution is 7.17. The van der Waals surface area contributed by atoms with Gasteiger partial charge in [0.25, 0.3) is 5.91 Å². The van der Waals surface area contributed by atoms with Crippen molar-refractivity contribution in [1.82, 2.24) is 14.8 Å². The fourth-order valence-corrected chi connectivity index (χ4v) is 3.61. The van der Waals surface area contributed by atoms with Crippen LogP contribution in [-0.4, -0.2) is 42.6 Å². The van der Waals surface area contributed by atoms with Gasteiger partial charge in [0.2, 0.25) is 0 Å². The first-order valence-electron chi connectivity index (χ1n) is 8.19. The zero-order valence-corrected chi connectivity index (χ0v) is 15.0. The number of rotatable bonds is 7. The van der Waals surface area contributed by atoms with Crippen LogP contribution in [0, 0.1) is 0 Å². The molecule has 0 fully saturated rings. The second-order valence-corrected chi connectivity index (χ2v) is 7.13. The number of carbonyl (C=O) groups is 1. The Bertz CT molecular complexity index is 805. The average molecular weight is 341 g/mol. The summed E-state index contributed by atoms with van der Waals surface area (Å²) >= 11 is 1.68. The summed E-state index contributed by atoms with van der Waals surface area (Å²) in [7, 11) is 4.09. The molecule has 0 unspecified atom stereocenters. The Hall–Kier alpha value is -2.11. The van der Waals surface area contributed by atoms with Crippen LogP contribution in [0.2, 0.25) is 0 Å². The number of carbonyl (C=O) groups excluding carboxylic acids is 1. The van der Waals surface area contributed by atoms with Gasteiger partial charge in [0, 0.05) is 13.1 Å². The summed E-state index contributed by atoms with van der Waals surface area (Å²) in [4.78, 5) is 14.8. The summed E-state index contributed by atoms with van der Waals surface area (Å²) in [5.74, 6) is 0.00749. The average Bonchev–Trinajstić information content (AvgIpc) is 3.15. The molecule has 1 N–H and O–H groups in total. The van der Waals surface area contributed by atoms with Crippen LogP contribution in [-0.2, 0) is 6.54 Å². The first-order valence-corrected chi connectivity index (χ1v) is 9.06. The molecule has 2 heterocycles. The first kappa shape index (κ1) is 16.7. The summed E-state index contributed by atoms with van der Waals surface area (Å²) < 4.78 is 3.27. The van der Waals surface area contributed by atoms with Crippen molar-refractivity contribution in [1.29, 1.82) is 0 Å². The minimum atomic E-state index is 0.00749. The van der Waals surface area contributed by atoms with Crippen molar-refractivity contribution in [3.63, 3.8) is 0 Å². The van der Waals surface area contributed by atoms with Gasteiger partial charge < -0.3 is 14.8 Å². The fraction of sp³-hybridized carbons (Fsp3) is 0.316. The quantitative estimate of drug-likeness (QED) is 0.669. The third-order valence-corrected chi connectivity index (χ3v) is 4.86. The van der Waals surface area contributed by atoms with Crippen molar-refractivity contribution >= 4 is 27.5 Å². The van der Waals surface area contributed by atoms with Crippen LogP contribution in [0.1, 0.15) is 22.5 Å². The standard InChI is InChI=1S/C19H23N3OS/c1-21(2)11-6-10-20-19(23)17-13-18-16(9-12-24-18)22(17)14-15-7-4-3-5-8-15/h3-5,7-9,12-13H,6,10-11,14H2,1-2H3,(H,20,23). The highest BCUT2D eigenvalue weighted by atomic mass is 32.1. The molecule has 0 saturated carbocycles. The van der Waals surface area contributed by atoms with Gasteiger partial charge in [-0.15, -0.1) is 11.3 Å². The smallest absolute Gasteiger partial charge is 0.267 e. The van der Waals surface area contributed by atoms with Crippen LogP contribution in [0.15, 0.2) is 47.8 Å². The van der Waals surface area contributed by atoms with Crippen molar-refractivity contribution in [2.75, 3.05) is 27.2 Å². The van der Waals surface area contributed by atoms with Gasteiger partial charge in [0.1, 0.15) is 5.69 Å². The fourth-order valence-electron chi connectivity index (χ4n) is 2.79. The summed E-state index contributed by atoms with van der Waals surface area (Å²) in [6.07, 6.45) is 0.951. The Kier molecular flexibility index (Phi) is 5.33. The van der Waals surface area contributed by atoms with Gasteiger partial charge in [-0.2, -0.15) is 0 Å². The maximum absolute atomic E-state index is 12.6. The Morgan fingerprint density at radius 3 is 2.75 bits per heavy atom. The van der Waals surface area contributed by atoms with Crippen molar-refractivity contribution in [2.24, 2.45) is 0 Å². The number of aromatic nitrogens is 1. The lowest BCUT2D eigenvalue weighted by atomic mass is 10.2. The van der Waals surface area contributed by atoms with E-state index >= 15 is 0 Å². The van der Waals surface area contributed by atoms with Gasteiger partial charge in [-0.3, -0.25) is 4.79 Å². The third-order valence-electron chi connectivity index (χ3n) is 4.01. The third kappa shape index (κ3) is 3.86. The van der Waals surface area contributed by atoms with Crippen molar-refractivity contribution in [3.05, 3.63) is 59.1 Å². The number of fused-ring (bicyclic) bond motifs is 1. The van der Waals surface area contributed by atoms with Crippen LogP contribution < -0.4 is 5.32 Å². The van der Waals surface area contributed by atoms with Crippen LogP contribution in [0.4, 0.5) is 0 Å². The Balaban J connectivity index is 1.78. The van der Waals surface area contributed by atoms with Crippen molar-refractivity contribution < 1.29 is 4.79 Å². The van der Waals surface area contributed by atoms with E-state index in [1.165, 1.54) is 5.56 Å². The number of nitrogens with one attached hydrogen (secondary N) is 1. The minimum absolute atomic E-state index is 0.00749. The lowest BCUT2D eigenvalue weighted by Gasteiger charge is -2.12. The molecule has 0 atom stereocenters. The predicted octanol–water partition coefficient (Wildman–Crippen LogP) is 3.43. The monoisotopic (exact) mass is 341 g/mol. The zero-order chi connectivity index (χ0) is 16.9. The van der Waals surface area contributed by atoms with Gasteiger partial charge in [-0.05, 0) is 50.1 Å². The van der Waals surface area contributed by atoms with Gasteiger partial charge in [0.15, 0.2) is 0 Å². The molecule has 3 aromatic rings. The van der Waals surface area contributed by atoms with E-state index in [1.807, 2.05) is 38.4 Å². The molecule has 4 nitrogen and oxygen atoms in total.